The van der Waals surface area contributed by atoms with Crippen LogP contribution in [0.2, 0.25) is 0 Å². The smallest absolute Gasteiger partial charge is 0.126 e. The lowest BCUT2D eigenvalue weighted by Gasteiger charge is -2.16. The minimum Gasteiger partial charge on any atom is -0.399 e. The predicted molar refractivity (Wildman–Crippen MR) is 81.2 cm³/mol. The van der Waals surface area contributed by atoms with Crippen LogP contribution in [0.1, 0.15) is 26.2 Å². The summed E-state index contributed by atoms with van der Waals surface area (Å²) in [6.45, 7) is 3.39. The maximum Gasteiger partial charge on any atom is 0.126 e. The van der Waals surface area contributed by atoms with Gasteiger partial charge in [-0.2, -0.15) is 0 Å². The first kappa shape index (κ1) is 12.3. The Morgan fingerprint density at radius 1 is 1.26 bits per heavy atom. The third-order valence-corrected chi connectivity index (χ3v) is 4.30. The Bertz CT molecular complexity index is 579. The molecule has 1 aromatic heterocycles. The van der Waals surface area contributed by atoms with Crippen LogP contribution in [0.15, 0.2) is 30.3 Å². The third-order valence-electron chi connectivity index (χ3n) is 4.30. The number of fused-ring (bicyclic) bond motifs is 1. The number of aromatic nitrogens is 1. The van der Waals surface area contributed by atoms with Gasteiger partial charge in [-0.3, -0.25) is 0 Å². The number of hydrogen-bond donors (Lipinski definition) is 2. The Labute approximate surface area is 114 Å². The molecule has 100 valence electrons. The summed E-state index contributed by atoms with van der Waals surface area (Å²) < 4.78 is 0. The summed E-state index contributed by atoms with van der Waals surface area (Å²) in [6.07, 6.45) is 4.09. The normalized spacial score (nSPS) is 22.8. The molecule has 3 heteroatoms. The number of nitrogens with one attached hydrogen (secondary N) is 1. The Balaban J connectivity index is 1.72. The maximum atomic E-state index is 5.78. The molecule has 3 N–H and O–H groups in total. The van der Waals surface area contributed by atoms with Gasteiger partial charge in [0.1, 0.15) is 5.82 Å². The molecule has 2 atom stereocenters. The number of anilines is 2. The van der Waals surface area contributed by atoms with E-state index in [2.05, 4.69) is 23.3 Å². The topological polar surface area (TPSA) is 50.9 Å². The van der Waals surface area contributed by atoms with E-state index in [0.29, 0.717) is 0 Å². The second kappa shape index (κ2) is 5.08. The zero-order chi connectivity index (χ0) is 13.2. The molecular weight excluding hydrogens is 234 g/mol. The van der Waals surface area contributed by atoms with Gasteiger partial charge in [0.15, 0.2) is 0 Å². The molecule has 3 nitrogen and oxygen atoms in total. The highest BCUT2D eigenvalue weighted by Crippen LogP contribution is 2.31. The van der Waals surface area contributed by atoms with Gasteiger partial charge in [-0.15, -0.1) is 0 Å². The minimum absolute atomic E-state index is 0.787. The van der Waals surface area contributed by atoms with Crippen LogP contribution in [0.25, 0.3) is 10.9 Å². The Kier molecular flexibility index (Phi) is 3.28. The zero-order valence-electron chi connectivity index (χ0n) is 11.4. The summed E-state index contributed by atoms with van der Waals surface area (Å²) in [5.41, 5.74) is 7.56. The van der Waals surface area contributed by atoms with E-state index >= 15 is 0 Å². The fraction of sp³-hybridized carbons (Fsp3) is 0.438. The van der Waals surface area contributed by atoms with Gasteiger partial charge < -0.3 is 11.1 Å². The van der Waals surface area contributed by atoms with Crippen LogP contribution in [0, 0.1) is 11.8 Å². The van der Waals surface area contributed by atoms with Crippen LogP contribution in [-0.4, -0.2) is 11.5 Å². The van der Waals surface area contributed by atoms with Crippen molar-refractivity contribution in [3.63, 3.8) is 0 Å². The standard InChI is InChI=1S/C16H21N3/c1-11-3-2-4-13(11)10-18-16-8-5-12-9-14(17)6-7-15(12)19-16/h5-9,11,13H,2-4,10,17H2,1H3,(H,18,19). The monoisotopic (exact) mass is 255 g/mol. The maximum absolute atomic E-state index is 5.78. The quantitative estimate of drug-likeness (QED) is 0.823. The first-order valence-electron chi connectivity index (χ1n) is 7.12. The molecule has 1 aliphatic carbocycles. The van der Waals surface area contributed by atoms with Gasteiger partial charge in [-0.05, 0) is 48.6 Å². The van der Waals surface area contributed by atoms with Crippen molar-refractivity contribution in [2.75, 3.05) is 17.6 Å². The van der Waals surface area contributed by atoms with E-state index in [9.17, 15) is 0 Å². The molecule has 1 fully saturated rings. The number of nitrogens with zero attached hydrogens (tertiary/aromatic N) is 1. The summed E-state index contributed by atoms with van der Waals surface area (Å²) in [5, 5.41) is 4.58. The van der Waals surface area contributed by atoms with Crippen LogP contribution in [-0.2, 0) is 0 Å². The molecule has 0 spiro atoms. The fourth-order valence-electron chi connectivity index (χ4n) is 3.00. The summed E-state index contributed by atoms with van der Waals surface area (Å²) in [7, 11) is 0. The van der Waals surface area contributed by atoms with E-state index < -0.39 is 0 Å². The average molecular weight is 255 g/mol. The molecule has 2 unspecified atom stereocenters. The zero-order valence-corrected chi connectivity index (χ0v) is 11.4. The predicted octanol–water partition coefficient (Wildman–Crippen LogP) is 3.67. The second-order valence-electron chi connectivity index (χ2n) is 5.70. The van der Waals surface area contributed by atoms with Gasteiger partial charge >= 0.3 is 0 Å². The first-order valence-corrected chi connectivity index (χ1v) is 7.12. The molecule has 2 aromatic rings. The molecule has 0 aliphatic heterocycles. The highest BCUT2D eigenvalue weighted by molar-refractivity contribution is 5.83. The molecule has 0 radical (unpaired) electrons. The van der Waals surface area contributed by atoms with Crippen LogP contribution in [0.5, 0.6) is 0 Å². The molecule has 0 saturated heterocycles. The number of benzene rings is 1. The van der Waals surface area contributed by atoms with Gasteiger partial charge in [-0.25, -0.2) is 4.98 Å². The number of rotatable bonds is 3. The highest BCUT2D eigenvalue weighted by Gasteiger charge is 2.22. The van der Waals surface area contributed by atoms with Crippen molar-refractivity contribution in [3.8, 4) is 0 Å². The van der Waals surface area contributed by atoms with Gasteiger partial charge in [-0.1, -0.05) is 19.8 Å². The number of nitrogen functional groups attached to an aromatic ring is 1. The largest absolute Gasteiger partial charge is 0.399 e. The van der Waals surface area contributed by atoms with Gasteiger partial charge in [0, 0.05) is 17.6 Å². The number of hydrogen-bond acceptors (Lipinski definition) is 3. The van der Waals surface area contributed by atoms with E-state index in [-0.39, 0.29) is 0 Å². The lowest BCUT2D eigenvalue weighted by Crippen LogP contribution is -2.16. The highest BCUT2D eigenvalue weighted by atomic mass is 15.0. The lowest BCUT2D eigenvalue weighted by molar-refractivity contribution is 0.439. The van der Waals surface area contributed by atoms with E-state index in [4.69, 9.17) is 5.73 Å². The van der Waals surface area contributed by atoms with E-state index in [1.54, 1.807) is 0 Å². The van der Waals surface area contributed by atoms with Crippen molar-refractivity contribution >= 4 is 22.4 Å². The Morgan fingerprint density at radius 2 is 2.16 bits per heavy atom. The Hall–Kier alpha value is -1.77. The van der Waals surface area contributed by atoms with Crippen LogP contribution < -0.4 is 11.1 Å². The molecule has 0 amide bonds. The molecule has 1 aromatic carbocycles. The van der Waals surface area contributed by atoms with E-state index in [1.165, 1.54) is 19.3 Å². The lowest BCUT2D eigenvalue weighted by atomic mass is 9.98. The molecule has 1 heterocycles. The van der Waals surface area contributed by atoms with Crippen molar-refractivity contribution < 1.29 is 0 Å². The summed E-state index contributed by atoms with van der Waals surface area (Å²) in [5.74, 6) is 2.60. The number of nitrogens with two attached hydrogens (primary N) is 1. The summed E-state index contributed by atoms with van der Waals surface area (Å²) >= 11 is 0. The van der Waals surface area contributed by atoms with Crippen molar-refractivity contribution in [1.29, 1.82) is 0 Å². The molecule has 3 rings (SSSR count). The Morgan fingerprint density at radius 3 is 2.95 bits per heavy atom. The molecule has 0 bridgehead atoms. The first-order chi connectivity index (χ1) is 9.22. The van der Waals surface area contributed by atoms with Crippen LogP contribution in [0.4, 0.5) is 11.5 Å². The summed E-state index contributed by atoms with van der Waals surface area (Å²) in [6, 6.07) is 9.97. The van der Waals surface area contributed by atoms with E-state index in [1.807, 2.05) is 24.3 Å². The summed E-state index contributed by atoms with van der Waals surface area (Å²) in [4.78, 5) is 4.64. The number of pyridine rings is 1. The van der Waals surface area contributed by atoms with Crippen LogP contribution >= 0.6 is 0 Å². The fourth-order valence-corrected chi connectivity index (χ4v) is 3.00. The molecule has 1 aliphatic rings. The second-order valence-corrected chi connectivity index (χ2v) is 5.70. The van der Waals surface area contributed by atoms with Crippen molar-refractivity contribution in [3.05, 3.63) is 30.3 Å². The molecule has 1 saturated carbocycles. The van der Waals surface area contributed by atoms with Crippen molar-refractivity contribution in [1.82, 2.24) is 4.98 Å². The SMILES string of the molecule is CC1CCCC1CNc1ccc2cc(N)ccc2n1. The average Bonchev–Trinajstić information content (AvgIpc) is 2.82. The van der Waals surface area contributed by atoms with Crippen LogP contribution in [0.3, 0.4) is 0 Å². The van der Waals surface area contributed by atoms with Gasteiger partial charge in [0.2, 0.25) is 0 Å². The third kappa shape index (κ3) is 2.65. The van der Waals surface area contributed by atoms with E-state index in [0.717, 1.165) is 40.8 Å². The van der Waals surface area contributed by atoms with Gasteiger partial charge in [0.25, 0.3) is 0 Å². The van der Waals surface area contributed by atoms with Crippen molar-refractivity contribution in [2.24, 2.45) is 11.8 Å². The molecule has 19 heavy (non-hydrogen) atoms. The minimum atomic E-state index is 0.787. The van der Waals surface area contributed by atoms with Crippen molar-refractivity contribution in [2.45, 2.75) is 26.2 Å². The molecular formula is C16H21N3. The van der Waals surface area contributed by atoms with Gasteiger partial charge in [0.05, 0.1) is 5.52 Å².